The highest BCUT2D eigenvalue weighted by atomic mass is 35.5. The first-order chi connectivity index (χ1) is 14.8. The van der Waals surface area contributed by atoms with Crippen LogP contribution >= 0.6 is 22.9 Å². The molecule has 0 bridgehead atoms. The maximum Gasteiger partial charge on any atom is 0.234 e. The lowest BCUT2D eigenvalue weighted by molar-refractivity contribution is 0.782. The topological polar surface area (TPSA) is 43.1 Å². The predicted octanol–water partition coefficient (Wildman–Crippen LogP) is 6.19. The lowest BCUT2D eigenvalue weighted by Crippen LogP contribution is -2.08. The normalized spacial score (nSPS) is 11.7. The molecule has 0 amide bonds. The minimum atomic E-state index is -0.0470. The summed E-state index contributed by atoms with van der Waals surface area (Å²) in [5.74, 6) is 0.760. The molecule has 5 rings (SSSR count). The fraction of sp³-hybridized carbons (Fsp3) is 0.0417. The molecule has 6 heteroatoms. The van der Waals surface area contributed by atoms with Crippen LogP contribution in [0.1, 0.15) is 33.4 Å². The van der Waals surface area contributed by atoms with Gasteiger partial charge in [0.2, 0.25) is 4.96 Å². The lowest BCUT2D eigenvalue weighted by atomic mass is 9.91. The Morgan fingerprint density at radius 2 is 1.50 bits per heavy atom. The smallest absolute Gasteiger partial charge is 0.186 e. The maximum atomic E-state index is 6.08. The molecular weight excluding hydrogens is 412 g/mol. The quantitative estimate of drug-likeness (QED) is 0.335. The van der Waals surface area contributed by atoms with Gasteiger partial charge in [-0.25, -0.2) is 0 Å². The van der Waals surface area contributed by atoms with E-state index in [1.165, 1.54) is 11.3 Å². The molecule has 0 saturated carbocycles. The molecule has 0 saturated heterocycles. The molecule has 0 aliphatic heterocycles. The van der Waals surface area contributed by atoms with E-state index in [4.69, 9.17) is 16.7 Å². The SMILES string of the molecule is Clc1cccc(/C=C/c2nn3c(C(c4ccccc4)c4ccccc4)nnc3s2)c1. The Bertz CT molecular complexity index is 1270. The van der Waals surface area contributed by atoms with Gasteiger partial charge in [-0.15, -0.1) is 10.2 Å². The van der Waals surface area contributed by atoms with Crippen molar-refractivity contribution in [3.8, 4) is 0 Å². The highest BCUT2D eigenvalue weighted by Crippen LogP contribution is 2.31. The third-order valence-corrected chi connectivity index (χ3v) is 5.92. The van der Waals surface area contributed by atoms with E-state index in [2.05, 4.69) is 34.5 Å². The number of nitrogens with zero attached hydrogens (tertiary/aromatic N) is 4. The summed E-state index contributed by atoms with van der Waals surface area (Å²) in [5.41, 5.74) is 3.34. The first kappa shape index (κ1) is 18.7. The first-order valence-electron chi connectivity index (χ1n) is 9.53. The second kappa shape index (κ2) is 8.22. The van der Waals surface area contributed by atoms with Gasteiger partial charge in [0.05, 0.1) is 5.92 Å². The van der Waals surface area contributed by atoms with Gasteiger partial charge < -0.3 is 0 Å². The largest absolute Gasteiger partial charge is 0.234 e. The summed E-state index contributed by atoms with van der Waals surface area (Å²) in [4.78, 5) is 0.771. The van der Waals surface area contributed by atoms with Gasteiger partial charge in [-0.1, -0.05) is 102 Å². The molecule has 0 aliphatic carbocycles. The molecule has 3 aromatic carbocycles. The van der Waals surface area contributed by atoms with Crippen LogP contribution in [0.4, 0.5) is 0 Å². The van der Waals surface area contributed by atoms with Gasteiger partial charge in [0.1, 0.15) is 5.01 Å². The molecule has 4 nitrogen and oxygen atoms in total. The Morgan fingerprint density at radius 3 is 2.17 bits per heavy atom. The van der Waals surface area contributed by atoms with E-state index in [0.29, 0.717) is 5.02 Å². The van der Waals surface area contributed by atoms with E-state index in [9.17, 15) is 0 Å². The van der Waals surface area contributed by atoms with E-state index >= 15 is 0 Å². The zero-order chi connectivity index (χ0) is 20.3. The molecule has 0 atom stereocenters. The minimum Gasteiger partial charge on any atom is -0.186 e. The Kier molecular flexibility index (Phi) is 5.13. The molecule has 2 aromatic heterocycles. The van der Waals surface area contributed by atoms with E-state index in [-0.39, 0.29) is 5.92 Å². The third-order valence-electron chi connectivity index (χ3n) is 4.82. The summed E-state index contributed by atoms with van der Waals surface area (Å²) in [5, 5.41) is 15.2. The fourth-order valence-corrected chi connectivity index (χ4v) is 4.40. The zero-order valence-corrected chi connectivity index (χ0v) is 17.5. The molecule has 2 heterocycles. The molecule has 30 heavy (non-hydrogen) atoms. The van der Waals surface area contributed by atoms with Crippen LogP contribution in [0.3, 0.4) is 0 Å². The van der Waals surface area contributed by atoms with Crippen LogP contribution in [-0.4, -0.2) is 19.8 Å². The van der Waals surface area contributed by atoms with Crippen LogP contribution in [0.25, 0.3) is 17.1 Å². The van der Waals surface area contributed by atoms with Crippen molar-refractivity contribution < 1.29 is 0 Å². The fourth-order valence-electron chi connectivity index (χ4n) is 3.45. The van der Waals surface area contributed by atoms with Crippen molar-refractivity contribution in [1.29, 1.82) is 0 Å². The number of hydrogen-bond acceptors (Lipinski definition) is 4. The molecule has 0 radical (unpaired) electrons. The van der Waals surface area contributed by atoms with Gasteiger partial charge in [0, 0.05) is 5.02 Å². The average molecular weight is 429 g/mol. The van der Waals surface area contributed by atoms with Crippen molar-refractivity contribution >= 4 is 40.1 Å². The summed E-state index contributed by atoms with van der Waals surface area (Å²) in [6.45, 7) is 0. The summed E-state index contributed by atoms with van der Waals surface area (Å²) in [6.07, 6.45) is 3.98. The second-order valence-corrected chi connectivity index (χ2v) is 8.26. The van der Waals surface area contributed by atoms with Crippen molar-refractivity contribution in [2.45, 2.75) is 5.92 Å². The van der Waals surface area contributed by atoms with E-state index in [1.807, 2.05) is 77.3 Å². The van der Waals surface area contributed by atoms with Gasteiger partial charge in [0.15, 0.2) is 5.82 Å². The molecule has 0 spiro atoms. The summed E-state index contributed by atoms with van der Waals surface area (Å²) in [7, 11) is 0. The molecule has 146 valence electrons. The maximum absolute atomic E-state index is 6.08. The number of fused-ring (bicyclic) bond motifs is 1. The highest BCUT2D eigenvalue weighted by Gasteiger charge is 2.24. The number of benzene rings is 3. The minimum absolute atomic E-state index is 0.0470. The van der Waals surface area contributed by atoms with Crippen LogP contribution in [-0.2, 0) is 0 Å². The molecule has 0 fully saturated rings. The summed E-state index contributed by atoms with van der Waals surface area (Å²) < 4.78 is 1.85. The van der Waals surface area contributed by atoms with Gasteiger partial charge >= 0.3 is 0 Å². The van der Waals surface area contributed by atoms with E-state index in [1.54, 1.807) is 0 Å². The number of aromatic nitrogens is 4. The summed E-state index contributed by atoms with van der Waals surface area (Å²) in [6, 6.07) is 28.4. The zero-order valence-electron chi connectivity index (χ0n) is 15.9. The molecule has 0 aliphatic rings. The van der Waals surface area contributed by atoms with Gasteiger partial charge in [-0.3, -0.25) is 0 Å². The number of rotatable bonds is 5. The van der Waals surface area contributed by atoms with Crippen molar-refractivity contribution in [2.75, 3.05) is 0 Å². The Hall–Kier alpha value is -3.28. The Balaban J connectivity index is 1.56. The van der Waals surface area contributed by atoms with Gasteiger partial charge in [-0.2, -0.15) is 9.61 Å². The summed E-state index contributed by atoms with van der Waals surface area (Å²) >= 11 is 7.58. The molecule has 5 aromatic rings. The van der Waals surface area contributed by atoms with Crippen LogP contribution < -0.4 is 0 Å². The second-order valence-electron chi connectivity index (χ2n) is 6.84. The Morgan fingerprint density at radius 1 is 0.800 bits per heavy atom. The Labute approximate surface area is 183 Å². The molecule has 0 unspecified atom stereocenters. The van der Waals surface area contributed by atoms with Crippen molar-refractivity contribution in [1.82, 2.24) is 19.8 Å². The first-order valence-corrected chi connectivity index (χ1v) is 10.7. The van der Waals surface area contributed by atoms with Crippen molar-refractivity contribution in [3.05, 3.63) is 117 Å². The van der Waals surface area contributed by atoms with Crippen molar-refractivity contribution in [2.24, 2.45) is 0 Å². The van der Waals surface area contributed by atoms with Gasteiger partial charge in [0.25, 0.3) is 0 Å². The predicted molar refractivity (Wildman–Crippen MR) is 123 cm³/mol. The van der Waals surface area contributed by atoms with E-state index < -0.39 is 0 Å². The van der Waals surface area contributed by atoms with Crippen LogP contribution in [0.15, 0.2) is 84.9 Å². The average Bonchev–Trinajstić information content (AvgIpc) is 3.36. The molecular formula is C24H17ClN4S. The monoisotopic (exact) mass is 428 g/mol. The lowest BCUT2D eigenvalue weighted by Gasteiger charge is -2.15. The van der Waals surface area contributed by atoms with Gasteiger partial charge in [-0.05, 0) is 34.9 Å². The van der Waals surface area contributed by atoms with E-state index in [0.717, 1.165) is 32.5 Å². The van der Waals surface area contributed by atoms with Crippen molar-refractivity contribution in [3.63, 3.8) is 0 Å². The number of hydrogen-bond donors (Lipinski definition) is 0. The third kappa shape index (κ3) is 3.77. The standard InChI is InChI=1S/C24H17ClN4S/c25-20-13-7-8-17(16-20)14-15-21-28-29-23(26-27-24(29)30-21)22(18-9-3-1-4-10-18)19-11-5-2-6-12-19/h1-16,22H/b15-14+. The number of halogens is 1. The van der Waals surface area contributed by atoms with Crippen LogP contribution in [0.5, 0.6) is 0 Å². The van der Waals surface area contributed by atoms with Crippen LogP contribution in [0.2, 0.25) is 5.02 Å². The van der Waals surface area contributed by atoms with Crippen LogP contribution in [0, 0.1) is 0 Å². The molecule has 0 N–H and O–H groups in total. The highest BCUT2D eigenvalue weighted by molar-refractivity contribution is 7.17.